The lowest BCUT2D eigenvalue weighted by Crippen LogP contribution is -2.32. The van der Waals surface area contributed by atoms with Gasteiger partial charge in [-0.05, 0) is 48.5 Å². The number of hydrogen-bond donors (Lipinski definition) is 3. The second kappa shape index (κ2) is 9.97. The van der Waals surface area contributed by atoms with Gasteiger partial charge >= 0.3 is 0 Å². The molecule has 0 aliphatic carbocycles. The van der Waals surface area contributed by atoms with E-state index in [4.69, 9.17) is 58.0 Å². The maximum atomic E-state index is 13.1. The van der Waals surface area contributed by atoms with Crippen molar-refractivity contribution in [3.63, 3.8) is 0 Å². The fraction of sp³-hybridized carbons (Fsp3) is 0. The summed E-state index contributed by atoms with van der Waals surface area (Å²) in [4.78, 5) is 39.3. The molecule has 0 aromatic heterocycles. The van der Waals surface area contributed by atoms with Gasteiger partial charge in [0.25, 0.3) is 17.7 Å². The molecule has 0 radical (unpaired) electrons. The first-order chi connectivity index (χ1) is 16.6. The first kappa shape index (κ1) is 25.2. The Hall–Kier alpha value is -2.94. The lowest BCUT2D eigenvalue weighted by atomic mass is 10.1. The van der Waals surface area contributed by atoms with E-state index in [9.17, 15) is 19.5 Å². The molecule has 0 fully saturated rings. The summed E-state index contributed by atoms with van der Waals surface area (Å²) in [6.07, 6.45) is 0. The maximum absolute atomic E-state index is 13.1. The molecule has 3 amide bonds. The number of rotatable bonds is 5. The molecule has 0 unspecified atom stereocenters. The van der Waals surface area contributed by atoms with E-state index in [1.807, 2.05) is 0 Å². The number of nitrogens with zero attached hydrogens (tertiary/aromatic N) is 1. The van der Waals surface area contributed by atoms with Crippen LogP contribution in [0.4, 0.5) is 17.1 Å². The highest BCUT2D eigenvalue weighted by atomic mass is 35.5. The number of hydrogen-bond acceptors (Lipinski definition) is 5. The topological polar surface area (TPSA) is 98.7 Å². The van der Waals surface area contributed by atoms with Gasteiger partial charge in [-0.15, -0.1) is 0 Å². The van der Waals surface area contributed by atoms with Gasteiger partial charge in [0.05, 0.1) is 26.4 Å². The zero-order valence-corrected chi connectivity index (χ0v) is 21.0. The molecule has 12 heteroatoms. The highest BCUT2D eigenvalue weighted by Crippen LogP contribution is 2.38. The van der Waals surface area contributed by atoms with Crippen molar-refractivity contribution in [3.05, 3.63) is 91.0 Å². The van der Waals surface area contributed by atoms with Gasteiger partial charge < -0.3 is 15.7 Å². The average Bonchev–Trinajstić information content (AvgIpc) is 3.02. The summed E-state index contributed by atoms with van der Waals surface area (Å²) >= 11 is 30.2. The van der Waals surface area contributed by atoms with Gasteiger partial charge in [0.1, 0.15) is 16.5 Å². The lowest BCUT2D eigenvalue weighted by Gasteiger charge is -2.17. The number of carbonyl (C=O) groups excluding carboxylic acids is 3. The quantitative estimate of drug-likeness (QED) is 0.180. The second-order valence-electron chi connectivity index (χ2n) is 7.17. The Balaban J connectivity index is 1.58. The van der Waals surface area contributed by atoms with Crippen molar-refractivity contribution in [1.82, 2.24) is 0 Å². The number of carbonyl (C=O) groups is 3. The molecule has 35 heavy (non-hydrogen) atoms. The van der Waals surface area contributed by atoms with Crippen LogP contribution in [-0.4, -0.2) is 22.8 Å². The van der Waals surface area contributed by atoms with Crippen LogP contribution in [0.25, 0.3) is 0 Å². The number of amides is 3. The molecule has 3 aromatic carbocycles. The van der Waals surface area contributed by atoms with Gasteiger partial charge in [-0.2, -0.15) is 0 Å². The van der Waals surface area contributed by atoms with Gasteiger partial charge in [-0.1, -0.05) is 64.1 Å². The number of imide groups is 1. The summed E-state index contributed by atoms with van der Waals surface area (Å²) in [7, 11) is 0. The molecule has 3 aromatic rings. The summed E-state index contributed by atoms with van der Waals surface area (Å²) in [5.74, 6) is -2.31. The Morgan fingerprint density at radius 1 is 0.829 bits per heavy atom. The number of nitrogens with one attached hydrogen (secondary N) is 2. The molecule has 0 saturated carbocycles. The SMILES string of the molecule is O=C(Nc1cc(Cl)ccc1O)c1cccc(NC2=C(Cl)C(=O)N(c3cc(Cl)c(Cl)cc3Cl)C2=O)c1. The molecule has 3 N–H and O–H groups in total. The largest absolute Gasteiger partial charge is 0.506 e. The minimum atomic E-state index is -0.815. The molecule has 1 aliphatic rings. The number of phenols is 1. The Labute approximate surface area is 223 Å². The Bertz CT molecular complexity index is 1440. The fourth-order valence-electron chi connectivity index (χ4n) is 3.20. The van der Waals surface area contributed by atoms with Crippen LogP contribution >= 0.6 is 58.0 Å². The van der Waals surface area contributed by atoms with Gasteiger partial charge in [0.2, 0.25) is 0 Å². The van der Waals surface area contributed by atoms with Crippen molar-refractivity contribution in [2.45, 2.75) is 0 Å². The van der Waals surface area contributed by atoms with Crippen molar-refractivity contribution in [2.75, 3.05) is 15.5 Å². The Morgan fingerprint density at radius 3 is 2.29 bits per heavy atom. The maximum Gasteiger partial charge on any atom is 0.283 e. The summed E-state index contributed by atoms with van der Waals surface area (Å²) in [5, 5.41) is 15.5. The molecule has 0 spiro atoms. The van der Waals surface area contributed by atoms with E-state index in [0.717, 1.165) is 4.90 Å². The highest BCUT2D eigenvalue weighted by Gasteiger charge is 2.40. The van der Waals surface area contributed by atoms with E-state index in [2.05, 4.69) is 10.6 Å². The summed E-state index contributed by atoms with van der Waals surface area (Å²) in [6.45, 7) is 0. The van der Waals surface area contributed by atoms with Crippen LogP contribution in [0.5, 0.6) is 5.75 Å². The van der Waals surface area contributed by atoms with E-state index in [1.54, 1.807) is 12.1 Å². The molecule has 7 nitrogen and oxygen atoms in total. The number of benzene rings is 3. The van der Waals surface area contributed by atoms with E-state index in [-0.39, 0.29) is 48.5 Å². The van der Waals surface area contributed by atoms with Gasteiger partial charge in [0, 0.05) is 16.3 Å². The van der Waals surface area contributed by atoms with Crippen LogP contribution < -0.4 is 15.5 Å². The molecular formula is C23H12Cl5N3O4. The van der Waals surface area contributed by atoms with Crippen molar-refractivity contribution >= 4 is 92.8 Å². The third kappa shape index (κ3) is 5.05. The molecule has 1 heterocycles. The number of halogens is 5. The molecule has 0 saturated heterocycles. The minimum Gasteiger partial charge on any atom is -0.506 e. The first-order valence-corrected chi connectivity index (χ1v) is 11.6. The second-order valence-corrected chi connectivity index (χ2v) is 9.21. The van der Waals surface area contributed by atoms with Crippen molar-refractivity contribution in [1.29, 1.82) is 0 Å². The Morgan fingerprint density at radius 2 is 1.54 bits per heavy atom. The predicted octanol–water partition coefficient (Wildman–Crippen LogP) is 6.69. The molecule has 0 atom stereocenters. The van der Waals surface area contributed by atoms with Gasteiger partial charge in [-0.25, -0.2) is 4.90 Å². The monoisotopic (exact) mass is 569 g/mol. The van der Waals surface area contributed by atoms with Crippen LogP contribution in [0.1, 0.15) is 10.4 Å². The van der Waals surface area contributed by atoms with Crippen LogP contribution in [-0.2, 0) is 9.59 Å². The highest BCUT2D eigenvalue weighted by molar-refractivity contribution is 6.54. The molecule has 1 aliphatic heterocycles. The number of phenolic OH excluding ortho intramolecular Hbond substituents is 1. The zero-order chi connectivity index (χ0) is 25.4. The van der Waals surface area contributed by atoms with Crippen molar-refractivity contribution in [2.24, 2.45) is 0 Å². The smallest absolute Gasteiger partial charge is 0.283 e. The lowest BCUT2D eigenvalue weighted by molar-refractivity contribution is -0.120. The Kier molecular flexibility index (Phi) is 7.17. The predicted molar refractivity (Wildman–Crippen MR) is 138 cm³/mol. The standard InChI is InChI=1S/C23H12Cl5N3O4/c24-11-4-5-18(32)16(7-11)30-21(33)10-2-1-3-12(6-10)29-20-19(28)22(34)31(23(20)35)17-9-14(26)13(25)8-15(17)27/h1-9,29,32H,(H,30,33). The van der Waals surface area contributed by atoms with Crippen LogP contribution in [0, 0.1) is 0 Å². The molecule has 0 bridgehead atoms. The minimum absolute atomic E-state index is 0.0143. The fourth-order valence-corrected chi connectivity index (χ4v) is 4.21. The van der Waals surface area contributed by atoms with Crippen molar-refractivity contribution in [3.8, 4) is 5.75 Å². The number of aromatic hydroxyl groups is 1. The summed E-state index contributed by atoms with van der Waals surface area (Å²) in [5.41, 5.74) is 0.401. The number of anilines is 3. The van der Waals surface area contributed by atoms with Gasteiger partial charge in [-0.3, -0.25) is 14.4 Å². The van der Waals surface area contributed by atoms with E-state index in [1.165, 1.54) is 42.5 Å². The third-order valence-electron chi connectivity index (χ3n) is 4.86. The normalized spacial score (nSPS) is 13.5. The van der Waals surface area contributed by atoms with E-state index in [0.29, 0.717) is 10.7 Å². The first-order valence-electron chi connectivity index (χ1n) is 9.67. The van der Waals surface area contributed by atoms with Crippen LogP contribution in [0.2, 0.25) is 20.1 Å². The zero-order valence-electron chi connectivity index (χ0n) is 17.2. The van der Waals surface area contributed by atoms with E-state index < -0.39 is 17.7 Å². The molecule has 178 valence electrons. The van der Waals surface area contributed by atoms with E-state index >= 15 is 0 Å². The summed E-state index contributed by atoms with van der Waals surface area (Å²) < 4.78 is 0. The van der Waals surface area contributed by atoms with Crippen LogP contribution in [0.15, 0.2) is 65.3 Å². The third-order valence-corrected chi connectivity index (χ3v) is 6.47. The molecular weight excluding hydrogens is 560 g/mol. The molecule has 4 rings (SSSR count). The average molecular weight is 572 g/mol. The summed E-state index contributed by atoms with van der Waals surface area (Å²) in [6, 6.07) is 12.9. The van der Waals surface area contributed by atoms with Crippen LogP contribution in [0.3, 0.4) is 0 Å². The van der Waals surface area contributed by atoms with Gasteiger partial charge in [0.15, 0.2) is 0 Å². The van der Waals surface area contributed by atoms with Crippen molar-refractivity contribution < 1.29 is 19.5 Å².